The van der Waals surface area contributed by atoms with Gasteiger partial charge in [-0.2, -0.15) is 13.2 Å². The van der Waals surface area contributed by atoms with Crippen molar-refractivity contribution in [2.75, 3.05) is 26.2 Å². The van der Waals surface area contributed by atoms with Gasteiger partial charge < -0.3 is 4.90 Å². The molecule has 0 unspecified atom stereocenters. The van der Waals surface area contributed by atoms with Crippen LogP contribution in [0.2, 0.25) is 0 Å². The summed E-state index contributed by atoms with van der Waals surface area (Å²) in [7, 11) is 0. The van der Waals surface area contributed by atoms with Crippen molar-refractivity contribution in [3.63, 3.8) is 0 Å². The summed E-state index contributed by atoms with van der Waals surface area (Å²) in [5.74, 6) is 0.0409. The molecule has 1 amide bonds. The zero-order valence-electron chi connectivity index (χ0n) is 18.1. The van der Waals surface area contributed by atoms with Crippen LogP contribution in [-0.2, 0) is 17.4 Å². The number of hydrogen-bond donors (Lipinski definition) is 0. The number of alkyl halides is 3. The minimum Gasteiger partial charge on any atom is -0.340 e. The Morgan fingerprint density at radius 3 is 2.34 bits per heavy atom. The molecule has 1 fully saturated rings. The summed E-state index contributed by atoms with van der Waals surface area (Å²) in [4.78, 5) is 15.5. The molecule has 3 rings (SSSR count). The highest BCUT2D eigenvalue weighted by molar-refractivity contribution is 7.97. The molecule has 1 heterocycles. The molecule has 1 aliphatic heterocycles. The summed E-state index contributed by atoms with van der Waals surface area (Å²) >= 11 is 1.68. The SMILES string of the molecule is C=Cc1cc(SN2CCN(C(=O)CCc3ccc(C(F)(F)F)cc3)CC2)ccc1/C=C\C. The predicted octanol–water partition coefficient (Wildman–Crippen LogP) is 6.17. The van der Waals surface area contributed by atoms with E-state index in [0.717, 1.165) is 46.8 Å². The Kier molecular flexibility index (Phi) is 8.21. The fraction of sp³-hybridized carbons (Fsp3) is 0.320. The molecular weight excluding hydrogens is 433 g/mol. The molecule has 2 aromatic carbocycles. The van der Waals surface area contributed by atoms with Gasteiger partial charge in [0, 0.05) is 37.5 Å². The van der Waals surface area contributed by atoms with Crippen molar-refractivity contribution >= 4 is 30.0 Å². The maximum atomic E-state index is 12.7. The number of allylic oxidation sites excluding steroid dienone is 1. The fourth-order valence-corrected chi connectivity index (χ4v) is 4.52. The number of rotatable bonds is 7. The van der Waals surface area contributed by atoms with Gasteiger partial charge in [-0.25, -0.2) is 4.31 Å². The molecule has 170 valence electrons. The zero-order chi connectivity index (χ0) is 23.1. The molecular formula is C25H27F3N2OS. The van der Waals surface area contributed by atoms with Gasteiger partial charge in [0.2, 0.25) is 5.91 Å². The summed E-state index contributed by atoms with van der Waals surface area (Å²) in [6.07, 6.45) is 2.31. The van der Waals surface area contributed by atoms with E-state index in [0.29, 0.717) is 25.9 Å². The second-order valence-electron chi connectivity index (χ2n) is 7.59. The van der Waals surface area contributed by atoms with Gasteiger partial charge >= 0.3 is 6.18 Å². The second-order valence-corrected chi connectivity index (χ2v) is 8.76. The number of nitrogens with zero attached hydrogens (tertiary/aromatic N) is 2. The van der Waals surface area contributed by atoms with E-state index < -0.39 is 11.7 Å². The number of hydrogen-bond acceptors (Lipinski definition) is 3. The molecule has 0 atom stereocenters. The standard InChI is InChI=1S/C25H27F3N2OS/c1-3-5-21-9-12-23(18-20(21)4-2)32-30-16-14-29(15-17-30)24(31)13-8-19-6-10-22(11-7-19)25(26,27)28/h3-7,9-12,18H,2,8,13-17H2,1H3/b5-3-. The first-order valence-corrected chi connectivity index (χ1v) is 11.3. The molecule has 0 radical (unpaired) electrons. The molecule has 32 heavy (non-hydrogen) atoms. The lowest BCUT2D eigenvalue weighted by Gasteiger charge is -2.34. The largest absolute Gasteiger partial charge is 0.416 e. The molecule has 0 aromatic heterocycles. The highest BCUT2D eigenvalue weighted by Gasteiger charge is 2.30. The second kappa shape index (κ2) is 10.9. The smallest absolute Gasteiger partial charge is 0.340 e. The Labute approximate surface area is 191 Å². The van der Waals surface area contributed by atoms with E-state index in [1.165, 1.54) is 12.1 Å². The molecule has 2 aromatic rings. The number of carbonyl (C=O) groups is 1. The van der Waals surface area contributed by atoms with Crippen LogP contribution in [-0.4, -0.2) is 41.3 Å². The first-order chi connectivity index (χ1) is 15.3. The number of aryl methyl sites for hydroxylation is 1. The highest BCUT2D eigenvalue weighted by Crippen LogP contribution is 2.29. The average molecular weight is 461 g/mol. The Morgan fingerprint density at radius 1 is 1.06 bits per heavy atom. The van der Waals surface area contributed by atoms with Crippen LogP contribution in [0, 0.1) is 0 Å². The minimum absolute atomic E-state index is 0.0409. The van der Waals surface area contributed by atoms with Gasteiger partial charge in [0.25, 0.3) is 0 Å². The van der Waals surface area contributed by atoms with Gasteiger partial charge in [-0.1, -0.05) is 43.0 Å². The fourth-order valence-electron chi connectivity index (χ4n) is 3.57. The first-order valence-electron chi connectivity index (χ1n) is 10.6. The third-order valence-corrected chi connectivity index (χ3v) is 6.45. The van der Waals surface area contributed by atoms with Crippen LogP contribution in [0.4, 0.5) is 13.2 Å². The van der Waals surface area contributed by atoms with Crippen LogP contribution < -0.4 is 0 Å². The van der Waals surface area contributed by atoms with E-state index in [4.69, 9.17) is 0 Å². The van der Waals surface area contributed by atoms with Crippen LogP contribution in [0.15, 0.2) is 60.0 Å². The van der Waals surface area contributed by atoms with Gasteiger partial charge in [0.05, 0.1) is 5.56 Å². The van der Waals surface area contributed by atoms with Crippen molar-refractivity contribution in [1.82, 2.24) is 9.21 Å². The number of carbonyl (C=O) groups excluding carboxylic acids is 1. The Hall–Kier alpha value is -2.51. The minimum atomic E-state index is -4.34. The summed E-state index contributed by atoms with van der Waals surface area (Å²) < 4.78 is 40.2. The van der Waals surface area contributed by atoms with Crippen molar-refractivity contribution in [3.05, 3.63) is 77.4 Å². The maximum absolute atomic E-state index is 12.7. The number of halogens is 3. The van der Waals surface area contributed by atoms with Crippen LogP contribution in [0.5, 0.6) is 0 Å². The van der Waals surface area contributed by atoms with E-state index in [9.17, 15) is 18.0 Å². The van der Waals surface area contributed by atoms with Gasteiger partial charge in [-0.15, -0.1) is 0 Å². The van der Waals surface area contributed by atoms with Gasteiger partial charge in [-0.3, -0.25) is 4.79 Å². The quantitative estimate of drug-likeness (QED) is 0.462. The summed E-state index contributed by atoms with van der Waals surface area (Å²) in [5, 5.41) is 0. The molecule has 7 heteroatoms. The number of amides is 1. The Balaban J connectivity index is 1.47. The monoisotopic (exact) mass is 460 g/mol. The van der Waals surface area contributed by atoms with Crippen molar-refractivity contribution in [2.24, 2.45) is 0 Å². The molecule has 0 bridgehead atoms. The van der Waals surface area contributed by atoms with Crippen molar-refractivity contribution in [3.8, 4) is 0 Å². The van der Waals surface area contributed by atoms with E-state index in [-0.39, 0.29) is 5.91 Å². The highest BCUT2D eigenvalue weighted by atomic mass is 32.2. The van der Waals surface area contributed by atoms with Gasteiger partial charge in [0.1, 0.15) is 0 Å². The van der Waals surface area contributed by atoms with E-state index >= 15 is 0 Å². The lowest BCUT2D eigenvalue weighted by molar-refractivity contribution is -0.137. The molecule has 1 saturated heterocycles. The summed E-state index contributed by atoms with van der Waals surface area (Å²) in [6.45, 7) is 8.69. The maximum Gasteiger partial charge on any atom is 0.416 e. The molecule has 0 saturated carbocycles. The Morgan fingerprint density at radius 2 is 1.75 bits per heavy atom. The van der Waals surface area contributed by atoms with Crippen LogP contribution >= 0.6 is 11.9 Å². The lowest BCUT2D eigenvalue weighted by Crippen LogP contribution is -2.46. The average Bonchev–Trinajstić information content (AvgIpc) is 2.79. The van der Waals surface area contributed by atoms with Gasteiger partial charge in [-0.05, 0) is 66.2 Å². The van der Waals surface area contributed by atoms with Crippen molar-refractivity contribution in [2.45, 2.75) is 30.8 Å². The zero-order valence-corrected chi connectivity index (χ0v) is 18.9. The van der Waals surface area contributed by atoms with Crippen LogP contribution in [0.1, 0.15) is 35.6 Å². The van der Waals surface area contributed by atoms with E-state index in [1.807, 2.05) is 24.0 Å². The van der Waals surface area contributed by atoms with E-state index in [2.05, 4.69) is 35.2 Å². The van der Waals surface area contributed by atoms with Crippen LogP contribution in [0.3, 0.4) is 0 Å². The van der Waals surface area contributed by atoms with Crippen molar-refractivity contribution < 1.29 is 18.0 Å². The lowest BCUT2D eigenvalue weighted by atomic mass is 10.1. The summed E-state index contributed by atoms with van der Waals surface area (Å²) in [6, 6.07) is 11.3. The first kappa shape index (κ1) is 24.1. The van der Waals surface area contributed by atoms with Crippen LogP contribution in [0.25, 0.3) is 12.2 Å². The molecule has 0 spiro atoms. The predicted molar refractivity (Wildman–Crippen MR) is 125 cm³/mol. The third-order valence-electron chi connectivity index (χ3n) is 5.36. The molecule has 3 nitrogen and oxygen atoms in total. The van der Waals surface area contributed by atoms with Crippen molar-refractivity contribution in [1.29, 1.82) is 0 Å². The van der Waals surface area contributed by atoms with E-state index in [1.54, 1.807) is 11.9 Å². The Bertz CT molecular complexity index is 962. The summed E-state index contributed by atoms with van der Waals surface area (Å²) in [5.41, 5.74) is 2.29. The number of benzene rings is 2. The molecule has 0 aliphatic carbocycles. The number of piperazine rings is 1. The molecule has 0 N–H and O–H groups in total. The molecule has 1 aliphatic rings. The topological polar surface area (TPSA) is 23.6 Å². The third kappa shape index (κ3) is 6.50. The normalized spacial score (nSPS) is 15.3. The van der Waals surface area contributed by atoms with Gasteiger partial charge in [0.15, 0.2) is 0 Å².